The molecule has 3 aromatic rings. The normalized spacial score (nSPS) is 16.4. The van der Waals surface area contributed by atoms with Crippen LogP contribution < -0.4 is 10.1 Å². The molecule has 2 heterocycles. The predicted octanol–water partition coefficient (Wildman–Crippen LogP) is 2.93. The largest absolute Gasteiger partial charge is 0.496 e. The fourth-order valence-corrected chi connectivity index (χ4v) is 3.69. The molecule has 6 nitrogen and oxygen atoms in total. The molecule has 1 atom stereocenters. The topological polar surface area (TPSA) is 65.4 Å². The second-order valence-corrected chi connectivity index (χ2v) is 6.96. The first-order valence-electron chi connectivity index (χ1n) is 9.71. The van der Waals surface area contributed by atoms with Crippen molar-refractivity contribution < 1.29 is 14.3 Å². The number of benzene rings is 2. The first-order chi connectivity index (χ1) is 13.8. The van der Waals surface area contributed by atoms with Gasteiger partial charge in [0.1, 0.15) is 17.7 Å². The lowest BCUT2D eigenvalue weighted by atomic mass is 10.2. The first-order valence-corrected chi connectivity index (χ1v) is 9.71. The molecule has 0 bridgehead atoms. The van der Waals surface area contributed by atoms with Crippen LogP contribution in [0, 0.1) is 0 Å². The molecule has 1 N–H and O–H groups in total. The van der Waals surface area contributed by atoms with E-state index in [-0.39, 0.29) is 12.0 Å². The van der Waals surface area contributed by atoms with Gasteiger partial charge in [-0.25, -0.2) is 4.98 Å². The zero-order valence-corrected chi connectivity index (χ0v) is 16.1. The van der Waals surface area contributed by atoms with Crippen molar-refractivity contribution in [2.45, 2.75) is 31.9 Å². The fourth-order valence-electron chi connectivity index (χ4n) is 3.69. The highest BCUT2D eigenvalue weighted by Gasteiger charge is 2.23. The van der Waals surface area contributed by atoms with E-state index >= 15 is 0 Å². The Kier molecular flexibility index (Phi) is 5.58. The van der Waals surface area contributed by atoms with Crippen LogP contribution in [0.25, 0.3) is 11.0 Å². The van der Waals surface area contributed by atoms with Gasteiger partial charge in [-0.2, -0.15) is 0 Å². The first kappa shape index (κ1) is 18.5. The van der Waals surface area contributed by atoms with Gasteiger partial charge >= 0.3 is 0 Å². The van der Waals surface area contributed by atoms with Crippen LogP contribution in [0.15, 0.2) is 48.5 Å². The number of carbonyl (C=O) groups is 1. The molecule has 1 saturated heterocycles. The summed E-state index contributed by atoms with van der Waals surface area (Å²) >= 11 is 0. The number of fused-ring (bicyclic) bond motifs is 1. The Morgan fingerprint density at radius 1 is 1.25 bits per heavy atom. The molecule has 1 aromatic heterocycles. The summed E-state index contributed by atoms with van der Waals surface area (Å²) in [6.07, 6.45) is 2.11. The Morgan fingerprint density at radius 3 is 2.89 bits per heavy atom. The molecule has 1 fully saturated rings. The summed E-state index contributed by atoms with van der Waals surface area (Å²) in [5, 5.41) is 2.99. The predicted molar refractivity (Wildman–Crippen MR) is 108 cm³/mol. The molecule has 0 aliphatic carbocycles. The number of hydrogen-bond donors (Lipinski definition) is 1. The van der Waals surface area contributed by atoms with Gasteiger partial charge in [0.25, 0.3) is 0 Å². The minimum atomic E-state index is -0.299. The summed E-state index contributed by atoms with van der Waals surface area (Å²) in [4.78, 5) is 17.0. The van der Waals surface area contributed by atoms with Crippen LogP contribution in [0.1, 0.15) is 24.2 Å². The molecule has 1 aliphatic rings. The zero-order valence-electron chi connectivity index (χ0n) is 16.1. The van der Waals surface area contributed by atoms with E-state index in [1.54, 1.807) is 7.11 Å². The maximum Gasteiger partial charge on any atom is 0.249 e. The lowest BCUT2D eigenvalue weighted by Crippen LogP contribution is -2.35. The third kappa shape index (κ3) is 3.87. The standard InChI is InChI=1S/C22H25N3O3/c1-27-19-10-5-2-7-16(19)15-25-18-9-4-3-8-17(18)24-21(25)12-13-23-22(26)20-11-6-14-28-20/h2-5,7-10,20H,6,11-15H2,1H3,(H,23,26). The number of para-hydroxylation sites is 3. The number of methoxy groups -OCH3 is 1. The molecule has 0 radical (unpaired) electrons. The number of aromatic nitrogens is 2. The van der Waals surface area contributed by atoms with Crippen molar-refractivity contribution >= 4 is 16.9 Å². The highest BCUT2D eigenvalue weighted by Crippen LogP contribution is 2.23. The molecular weight excluding hydrogens is 354 g/mol. The smallest absolute Gasteiger partial charge is 0.249 e. The maximum atomic E-state index is 12.2. The lowest BCUT2D eigenvalue weighted by molar-refractivity contribution is -0.130. The van der Waals surface area contributed by atoms with Crippen molar-refractivity contribution in [2.75, 3.05) is 20.3 Å². The Bertz CT molecular complexity index is 961. The average molecular weight is 379 g/mol. The van der Waals surface area contributed by atoms with E-state index in [0.29, 0.717) is 26.1 Å². The minimum absolute atomic E-state index is 0.0233. The number of rotatable bonds is 7. The summed E-state index contributed by atoms with van der Waals surface area (Å²) in [5.41, 5.74) is 3.13. The Labute approximate surface area is 164 Å². The van der Waals surface area contributed by atoms with Crippen LogP contribution in [0.2, 0.25) is 0 Å². The van der Waals surface area contributed by atoms with Crippen LogP contribution >= 0.6 is 0 Å². The van der Waals surface area contributed by atoms with Crippen LogP contribution in [-0.2, 0) is 22.5 Å². The minimum Gasteiger partial charge on any atom is -0.496 e. The van der Waals surface area contributed by atoms with Crippen molar-refractivity contribution in [3.63, 3.8) is 0 Å². The van der Waals surface area contributed by atoms with Gasteiger partial charge in [-0.15, -0.1) is 0 Å². The van der Waals surface area contributed by atoms with E-state index in [0.717, 1.165) is 41.0 Å². The molecule has 0 spiro atoms. The van der Waals surface area contributed by atoms with E-state index in [1.165, 1.54) is 0 Å². The van der Waals surface area contributed by atoms with E-state index in [1.807, 2.05) is 36.4 Å². The number of amides is 1. The summed E-state index contributed by atoms with van der Waals surface area (Å²) in [5.74, 6) is 1.78. The summed E-state index contributed by atoms with van der Waals surface area (Å²) in [6.45, 7) is 1.88. The van der Waals surface area contributed by atoms with Crippen molar-refractivity contribution in [2.24, 2.45) is 0 Å². The van der Waals surface area contributed by atoms with Gasteiger partial charge in [0.05, 0.1) is 24.7 Å². The van der Waals surface area contributed by atoms with Crippen molar-refractivity contribution in [1.82, 2.24) is 14.9 Å². The second kappa shape index (κ2) is 8.44. The number of nitrogens with one attached hydrogen (secondary N) is 1. The highest BCUT2D eigenvalue weighted by atomic mass is 16.5. The van der Waals surface area contributed by atoms with Crippen LogP contribution in [0.5, 0.6) is 5.75 Å². The molecule has 1 unspecified atom stereocenters. The van der Waals surface area contributed by atoms with Gasteiger partial charge in [0.2, 0.25) is 5.91 Å². The van der Waals surface area contributed by atoms with Gasteiger partial charge in [-0.3, -0.25) is 4.79 Å². The SMILES string of the molecule is COc1ccccc1Cn1c(CCNC(=O)C2CCCO2)nc2ccccc21. The molecule has 146 valence electrons. The Morgan fingerprint density at radius 2 is 2.07 bits per heavy atom. The van der Waals surface area contributed by atoms with Gasteiger partial charge < -0.3 is 19.4 Å². The van der Waals surface area contributed by atoms with Crippen LogP contribution in [0.4, 0.5) is 0 Å². The lowest BCUT2D eigenvalue weighted by Gasteiger charge is -2.13. The second-order valence-electron chi connectivity index (χ2n) is 6.96. The number of ether oxygens (including phenoxy) is 2. The molecule has 0 saturated carbocycles. The molecular formula is C22H25N3O3. The maximum absolute atomic E-state index is 12.2. The quantitative estimate of drug-likeness (QED) is 0.686. The number of hydrogen-bond acceptors (Lipinski definition) is 4. The monoisotopic (exact) mass is 379 g/mol. The van der Waals surface area contributed by atoms with Crippen LogP contribution in [0.3, 0.4) is 0 Å². The molecule has 6 heteroatoms. The van der Waals surface area contributed by atoms with Crippen molar-refractivity contribution in [3.8, 4) is 5.75 Å². The number of imidazole rings is 1. The fraction of sp³-hybridized carbons (Fsp3) is 0.364. The molecule has 28 heavy (non-hydrogen) atoms. The number of carbonyl (C=O) groups excluding carboxylic acids is 1. The van der Waals surface area contributed by atoms with E-state index in [9.17, 15) is 4.79 Å². The van der Waals surface area contributed by atoms with Gasteiger partial charge in [0.15, 0.2) is 0 Å². The summed E-state index contributed by atoms with van der Waals surface area (Å²) < 4.78 is 13.2. The highest BCUT2D eigenvalue weighted by molar-refractivity contribution is 5.81. The van der Waals surface area contributed by atoms with Crippen LogP contribution in [-0.4, -0.2) is 41.8 Å². The summed E-state index contributed by atoms with van der Waals surface area (Å²) in [7, 11) is 1.69. The number of nitrogens with zero attached hydrogens (tertiary/aromatic N) is 2. The van der Waals surface area contributed by atoms with Gasteiger partial charge in [-0.1, -0.05) is 30.3 Å². The Balaban J connectivity index is 1.54. The van der Waals surface area contributed by atoms with Crippen molar-refractivity contribution in [1.29, 1.82) is 0 Å². The molecule has 1 amide bonds. The zero-order chi connectivity index (χ0) is 19.3. The van der Waals surface area contributed by atoms with E-state index in [4.69, 9.17) is 14.5 Å². The average Bonchev–Trinajstić information content (AvgIpc) is 3.37. The molecule has 2 aromatic carbocycles. The van der Waals surface area contributed by atoms with Gasteiger partial charge in [0, 0.05) is 25.1 Å². The Hall–Kier alpha value is -2.86. The van der Waals surface area contributed by atoms with E-state index in [2.05, 4.69) is 22.0 Å². The third-order valence-corrected chi connectivity index (χ3v) is 5.12. The molecule has 1 aliphatic heterocycles. The molecule has 4 rings (SSSR count). The van der Waals surface area contributed by atoms with Crippen molar-refractivity contribution in [3.05, 3.63) is 59.9 Å². The third-order valence-electron chi connectivity index (χ3n) is 5.12. The summed E-state index contributed by atoms with van der Waals surface area (Å²) in [6, 6.07) is 16.1. The van der Waals surface area contributed by atoms with E-state index < -0.39 is 0 Å². The van der Waals surface area contributed by atoms with Gasteiger partial charge in [-0.05, 0) is 31.0 Å².